The zero-order valence-corrected chi connectivity index (χ0v) is 15.9. The first-order valence-electron chi connectivity index (χ1n) is 8.25. The summed E-state index contributed by atoms with van der Waals surface area (Å²) in [5.74, 6) is -1.83. The molecule has 2 aromatic carbocycles. The van der Waals surface area contributed by atoms with Crippen molar-refractivity contribution in [1.29, 1.82) is 0 Å². The molecule has 0 radical (unpaired) electrons. The summed E-state index contributed by atoms with van der Waals surface area (Å²) in [4.78, 5) is 38.3. The zero-order valence-electron chi connectivity index (χ0n) is 15.1. The van der Waals surface area contributed by atoms with Gasteiger partial charge in [-0.2, -0.15) is 4.99 Å². The van der Waals surface area contributed by atoms with Crippen molar-refractivity contribution in [2.45, 2.75) is 6.54 Å². The number of thiazole rings is 1. The third-order valence-electron chi connectivity index (χ3n) is 3.87. The number of para-hydroxylation sites is 1. The summed E-state index contributed by atoms with van der Waals surface area (Å²) in [6.07, 6.45) is 2.53. The summed E-state index contributed by atoms with van der Waals surface area (Å²) in [7, 11) is 1.21. The Morgan fingerprint density at radius 2 is 2.07 bits per heavy atom. The highest BCUT2D eigenvalue weighted by Crippen LogP contribution is 2.20. The summed E-state index contributed by atoms with van der Waals surface area (Å²) >= 11 is 1.05. The lowest BCUT2D eigenvalue weighted by Crippen LogP contribution is -2.22. The van der Waals surface area contributed by atoms with Crippen LogP contribution in [0.2, 0.25) is 0 Å². The minimum Gasteiger partial charge on any atom is -0.468 e. The maximum absolute atomic E-state index is 14.3. The Hall–Kier alpha value is -3.66. The minimum absolute atomic E-state index is 0.104. The van der Waals surface area contributed by atoms with Gasteiger partial charge in [0.2, 0.25) is 0 Å². The summed E-state index contributed by atoms with van der Waals surface area (Å²) in [6.45, 7) is -0.307. The van der Waals surface area contributed by atoms with Gasteiger partial charge in [-0.1, -0.05) is 29.5 Å². The Balaban J connectivity index is 1.99. The van der Waals surface area contributed by atoms with Gasteiger partial charge in [0.15, 0.2) is 4.80 Å². The van der Waals surface area contributed by atoms with Crippen LogP contribution in [0.5, 0.6) is 0 Å². The van der Waals surface area contributed by atoms with Crippen LogP contribution in [0, 0.1) is 15.9 Å². The Kier molecular flexibility index (Phi) is 5.93. The van der Waals surface area contributed by atoms with E-state index >= 15 is 0 Å². The van der Waals surface area contributed by atoms with Crippen LogP contribution in [-0.2, 0) is 20.9 Å². The summed E-state index contributed by atoms with van der Waals surface area (Å²) in [6, 6.07) is 10.2. The van der Waals surface area contributed by atoms with E-state index in [0.29, 0.717) is 10.3 Å². The van der Waals surface area contributed by atoms with Crippen LogP contribution in [0.1, 0.15) is 5.56 Å². The molecule has 8 nitrogen and oxygen atoms in total. The molecular weight excluding hydrogens is 401 g/mol. The van der Waals surface area contributed by atoms with Crippen molar-refractivity contribution in [3.8, 4) is 0 Å². The molecule has 3 rings (SSSR count). The number of fused-ring (bicyclic) bond motifs is 1. The first kappa shape index (κ1) is 20.1. The minimum atomic E-state index is -0.665. The molecule has 0 aliphatic rings. The molecule has 0 fully saturated rings. The van der Waals surface area contributed by atoms with Crippen molar-refractivity contribution in [2.75, 3.05) is 7.11 Å². The second kappa shape index (κ2) is 8.57. The summed E-state index contributed by atoms with van der Waals surface area (Å²) in [5, 5.41) is 10.8. The van der Waals surface area contributed by atoms with Crippen molar-refractivity contribution >= 4 is 45.2 Å². The van der Waals surface area contributed by atoms with E-state index in [1.807, 2.05) is 0 Å². The quantitative estimate of drug-likeness (QED) is 0.276. The molecule has 0 atom stereocenters. The Morgan fingerprint density at radius 3 is 2.79 bits per heavy atom. The van der Waals surface area contributed by atoms with Gasteiger partial charge in [-0.05, 0) is 23.8 Å². The Labute approximate surface area is 167 Å². The fraction of sp³-hybridized carbons (Fsp3) is 0.105. The van der Waals surface area contributed by atoms with Gasteiger partial charge in [0, 0.05) is 18.2 Å². The van der Waals surface area contributed by atoms with Crippen LogP contribution in [0.4, 0.5) is 10.1 Å². The van der Waals surface area contributed by atoms with E-state index in [-0.39, 0.29) is 22.6 Å². The van der Waals surface area contributed by atoms with E-state index in [9.17, 15) is 24.1 Å². The van der Waals surface area contributed by atoms with Crippen LogP contribution in [0.15, 0.2) is 53.5 Å². The number of carbonyl (C=O) groups excluding carboxylic acids is 2. The lowest BCUT2D eigenvalue weighted by molar-refractivity contribution is -0.384. The van der Waals surface area contributed by atoms with Crippen LogP contribution >= 0.6 is 11.3 Å². The number of hydrogen-bond acceptors (Lipinski definition) is 6. The molecule has 0 saturated heterocycles. The second-order valence-corrected chi connectivity index (χ2v) is 6.78. The predicted octanol–water partition coefficient (Wildman–Crippen LogP) is 3.06. The number of carbonyl (C=O) groups is 2. The normalized spacial score (nSPS) is 11.9. The highest BCUT2D eigenvalue weighted by molar-refractivity contribution is 7.16. The first-order chi connectivity index (χ1) is 13.9. The van der Waals surface area contributed by atoms with E-state index in [4.69, 9.17) is 0 Å². The van der Waals surface area contributed by atoms with Gasteiger partial charge in [0.25, 0.3) is 11.6 Å². The smallest absolute Gasteiger partial charge is 0.325 e. The molecule has 148 valence electrons. The Bertz CT molecular complexity index is 1210. The third-order valence-corrected chi connectivity index (χ3v) is 4.92. The average molecular weight is 415 g/mol. The van der Waals surface area contributed by atoms with E-state index < -0.39 is 22.6 Å². The fourth-order valence-electron chi connectivity index (χ4n) is 2.55. The molecule has 3 aromatic rings. The lowest BCUT2D eigenvalue weighted by atomic mass is 10.2. The molecular formula is C19H14FN3O5S. The molecule has 0 spiro atoms. The number of aromatic nitrogens is 1. The summed E-state index contributed by atoms with van der Waals surface area (Å²) < 4.78 is 20.7. The zero-order chi connectivity index (χ0) is 21.0. The van der Waals surface area contributed by atoms with E-state index in [1.165, 1.54) is 48.1 Å². The number of hydrogen-bond donors (Lipinski definition) is 0. The first-order valence-corrected chi connectivity index (χ1v) is 9.06. The van der Waals surface area contributed by atoms with E-state index in [2.05, 4.69) is 9.73 Å². The predicted molar refractivity (Wildman–Crippen MR) is 104 cm³/mol. The number of non-ortho nitro benzene ring substituents is 1. The number of ether oxygens (including phenoxy) is 1. The highest BCUT2D eigenvalue weighted by atomic mass is 32.1. The molecule has 0 aliphatic heterocycles. The maximum Gasteiger partial charge on any atom is 0.325 e. The molecule has 29 heavy (non-hydrogen) atoms. The number of rotatable bonds is 5. The van der Waals surface area contributed by atoms with Crippen LogP contribution in [0.3, 0.4) is 0 Å². The number of nitro groups is 1. The monoisotopic (exact) mass is 415 g/mol. The Morgan fingerprint density at radius 1 is 1.31 bits per heavy atom. The standard InChI is InChI=1S/C19H14FN3O5S/c1-28-17(25)11-22-18-14(20)6-3-7-15(18)29-19(22)21-16(24)9-8-12-4-2-5-13(10-12)23(26)27/h2-10H,11H2,1H3. The number of halogens is 1. The van der Waals surface area contributed by atoms with E-state index in [1.54, 1.807) is 12.1 Å². The van der Waals surface area contributed by atoms with Gasteiger partial charge >= 0.3 is 5.97 Å². The number of nitrogens with zero attached hydrogens (tertiary/aromatic N) is 3. The number of benzene rings is 2. The molecule has 0 aliphatic carbocycles. The molecule has 0 bridgehead atoms. The number of esters is 1. The largest absolute Gasteiger partial charge is 0.468 e. The van der Waals surface area contributed by atoms with Crippen LogP contribution < -0.4 is 4.80 Å². The lowest BCUT2D eigenvalue weighted by Gasteiger charge is -2.03. The van der Waals surface area contributed by atoms with Crippen molar-refractivity contribution in [3.63, 3.8) is 0 Å². The van der Waals surface area contributed by atoms with Crippen LogP contribution in [-0.4, -0.2) is 28.5 Å². The number of methoxy groups -OCH3 is 1. The highest BCUT2D eigenvalue weighted by Gasteiger charge is 2.14. The summed E-state index contributed by atoms with van der Waals surface area (Å²) in [5.41, 5.74) is 0.497. The van der Waals surface area contributed by atoms with Crippen molar-refractivity contribution in [3.05, 3.63) is 74.8 Å². The maximum atomic E-state index is 14.3. The number of amides is 1. The van der Waals surface area contributed by atoms with Gasteiger partial charge in [-0.25, -0.2) is 4.39 Å². The van der Waals surface area contributed by atoms with Crippen molar-refractivity contribution in [2.24, 2.45) is 4.99 Å². The number of nitro benzene ring substituents is 1. The van der Waals surface area contributed by atoms with Crippen LogP contribution in [0.25, 0.3) is 16.3 Å². The molecule has 1 heterocycles. The van der Waals surface area contributed by atoms with E-state index in [0.717, 1.165) is 17.4 Å². The third kappa shape index (κ3) is 4.61. The van der Waals surface area contributed by atoms with Crippen molar-refractivity contribution in [1.82, 2.24) is 4.57 Å². The second-order valence-electron chi connectivity index (χ2n) is 5.77. The molecule has 0 unspecified atom stereocenters. The van der Waals surface area contributed by atoms with Gasteiger partial charge in [0.1, 0.15) is 12.4 Å². The van der Waals surface area contributed by atoms with Crippen molar-refractivity contribution < 1.29 is 23.6 Å². The molecule has 1 aromatic heterocycles. The van der Waals surface area contributed by atoms with Gasteiger partial charge in [-0.15, -0.1) is 0 Å². The molecule has 10 heteroatoms. The fourth-order valence-corrected chi connectivity index (χ4v) is 3.60. The SMILES string of the molecule is COC(=O)Cn1c(=NC(=O)C=Cc2cccc([N+](=O)[O-])c2)sc2cccc(F)c21. The average Bonchev–Trinajstić information content (AvgIpc) is 3.04. The molecule has 1 amide bonds. The topological polar surface area (TPSA) is 104 Å². The van der Waals surface area contributed by atoms with Gasteiger partial charge in [0.05, 0.1) is 22.2 Å². The molecule has 0 N–H and O–H groups in total. The van der Waals surface area contributed by atoms with Gasteiger partial charge < -0.3 is 9.30 Å². The van der Waals surface area contributed by atoms with Gasteiger partial charge in [-0.3, -0.25) is 19.7 Å². The molecule has 0 saturated carbocycles.